The van der Waals surface area contributed by atoms with Gasteiger partial charge in [-0.1, -0.05) is 30.3 Å². The van der Waals surface area contributed by atoms with Crippen molar-refractivity contribution in [1.29, 1.82) is 0 Å². The molecule has 0 aliphatic heterocycles. The molecule has 0 unspecified atom stereocenters. The number of hydrogen-bond donors (Lipinski definition) is 0. The maximum Gasteiger partial charge on any atom is 0.262 e. The number of thiophene rings is 1. The van der Waals surface area contributed by atoms with Crippen LogP contribution in [0.2, 0.25) is 0 Å². The SMILES string of the molecule is COc1ccc(-c2csc3ncn(CCCOc4ccccc4)c(=O)c23)cc1. The lowest BCUT2D eigenvalue weighted by molar-refractivity contribution is 0.301. The van der Waals surface area contributed by atoms with E-state index in [1.807, 2.05) is 60.0 Å². The zero-order chi connectivity index (χ0) is 19.3. The van der Waals surface area contributed by atoms with Gasteiger partial charge in [-0.25, -0.2) is 4.98 Å². The molecule has 0 aliphatic carbocycles. The van der Waals surface area contributed by atoms with Crippen molar-refractivity contribution in [1.82, 2.24) is 9.55 Å². The van der Waals surface area contributed by atoms with E-state index in [9.17, 15) is 4.79 Å². The average molecular weight is 392 g/mol. The number of benzene rings is 2. The van der Waals surface area contributed by atoms with Gasteiger partial charge in [-0.15, -0.1) is 11.3 Å². The number of methoxy groups -OCH3 is 1. The Balaban J connectivity index is 1.53. The first-order valence-electron chi connectivity index (χ1n) is 9.05. The summed E-state index contributed by atoms with van der Waals surface area (Å²) in [5, 5.41) is 2.66. The van der Waals surface area contributed by atoms with Crippen LogP contribution in [0.3, 0.4) is 0 Å². The molecule has 28 heavy (non-hydrogen) atoms. The molecular formula is C22H20N2O3S. The minimum atomic E-state index is -0.0169. The third kappa shape index (κ3) is 3.77. The van der Waals surface area contributed by atoms with Gasteiger partial charge in [0.15, 0.2) is 0 Å². The van der Waals surface area contributed by atoms with Crippen molar-refractivity contribution < 1.29 is 9.47 Å². The highest BCUT2D eigenvalue weighted by Gasteiger charge is 2.13. The highest BCUT2D eigenvalue weighted by atomic mass is 32.1. The molecule has 0 amide bonds. The Hall–Kier alpha value is -3.12. The highest BCUT2D eigenvalue weighted by molar-refractivity contribution is 7.17. The summed E-state index contributed by atoms with van der Waals surface area (Å²) >= 11 is 1.49. The van der Waals surface area contributed by atoms with Gasteiger partial charge in [-0.3, -0.25) is 9.36 Å². The fourth-order valence-corrected chi connectivity index (χ4v) is 3.96. The second kappa shape index (κ2) is 8.27. The smallest absolute Gasteiger partial charge is 0.262 e. The molecule has 0 atom stereocenters. The van der Waals surface area contributed by atoms with Crippen LogP contribution in [0.25, 0.3) is 21.3 Å². The van der Waals surface area contributed by atoms with Gasteiger partial charge in [0.2, 0.25) is 0 Å². The first-order chi connectivity index (χ1) is 13.8. The van der Waals surface area contributed by atoms with Crippen molar-refractivity contribution in [2.45, 2.75) is 13.0 Å². The second-order valence-corrected chi connectivity index (χ2v) is 7.17. The molecule has 4 aromatic rings. The van der Waals surface area contributed by atoms with Gasteiger partial charge in [-0.2, -0.15) is 0 Å². The monoisotopic (exact) mass is 392 g/mol. The molecule has 0 bridgehead atoms. The number of aryl methyl sites for hydroxylation is 1. The Bertz CT molecular complexity index is 1120. The standard InChI is InChI=1S/C22H20N2O3S/c1-26-17-10-8-16(9-11-17)19-14-28-21-20(19)22(25)24(15-23-21)12-5-13-27-18-6-3-2-4-7-18/h2-4,6-11,14-15H,5,12-13H2,1H3. The molecule has 0 saturated carbocycles. The molecule has 0 spiro atoms. The Kier molecular flexibility index (Phi) is 5.39. The number of hydrogen-bond acceptors (Lipinski definition) is 5. The minimum Gasteiger partial charge on any atom is -0.497 e. The molecule has 2 aromatic carbocycles. The molecule has 0 fully saturated rings. The van der Waals surface area contributed by atoms with Gasteiger partial charge < -0.3 is 9.47 Å². The van der Waals surface area contributed by atoms with Gasteiger partial charge in [0.1, 0.15) is 16.3 Å². The molecule has 2 aromatic heterocycles. The van der Waals surface area contributed by atoms with Crippen LogP contribution in [0.1, 0.15) is 6.42 Å². The van der Waals surface area contributed by atoms with E-state index in [-0.39, 0.29) is 5.56 Å². The molecule has 0 radical (unpaired) electrons. The van der Waals surface area contributed by atoms with E-state index >= 15 is 0 Å². The van der Waals surface area contributed by atoms with E-state index in [0.29, 0.717) is 18.5 Å². The molecule has 6 heteroatoms. The largest absolute Gasteiger partial charge is 0.497 e. The van der Waals surface area contributed by atoms with Crippen molar-refractivity contribution in [3.8, 4) is 22.6 Å². The lowest BCUT2D eigenvalue weighted by atomic mass is 10.1. The van der Waals surface area contributed by atoms with Crippen molar-refractivity contribution in [2.24, 2.45) is 0 Å². The summed E-state index contributed by atoms with van der Waals surface area (Å²) in [5.74, 6) is 1.63. The average Bonchev–Trinajstić information content (AvgIpc) is 3.18. The highest BCUT2D eigenvalue weighted by Crippen LogP contribution is 2.31. The molecule has 0 N–H and O–H groups in total. The third-order valence-corrected chi connectivity index (χ3v) is 5.40. The Morgan fingerprint density at radius 2 is 1.82 bits per heavy atom. The molecule has 2 heterocycles. The summed E-state index contributed by atoms with van der Waals surface area (Å²) < 4.78 is 12.6. The number of nitrogens with zero attached hydrogens (tertiary/aromatic N) is 2. The lowest BCUT2D eigenvalue weighted by Gasteiger charge is -2.08. The van der Waals surface area contributed by atoms with E-state index in [2.05, 4.69) is 4.98 Å². The number of para-hydroxylation sites is 1. The van der Waals surface area contributed by atoms with Gasteiger partial charge >= 0.3 is 0 Å². The van der Waals surface area contributed by atoms with Crippen molar-refractivity contribution in [2.75, 3.05) is 13.7 Å². The van der Waals surface area contributed by atoms with Gasteiger partial charge in [0.25, 0.3) is 5.56 Å². The molecule has 0 saturated heterocycles. The van der Waals surface area contributed by atoms with Crippen LogP contribution >= 0.6 is 11.3 Å². The van der Waals surface area contributed by atoms with E-state index in [0.717, 1.165) is 33.9 Å². The fraction of sp³-hybridized carbons (Fsp3) is 0.182. The fourth-order valence-electron chi connectivity index (χ4n) is 3.05. The quantitative estimate of drug-likeness (QED) is 0.431. The van der Waals surface area contributed by atoms with Gasteiger partial charge in [0.05, 0.1) is 25.4 Å². The van der Waals surface area contributed by atoms with Crippen molar-refractivity contribution in [3.05, 3.63) is 76.7 Å². The van der Waals surface area contributed by atoms with Crippen LogP contribution in [-0.2, 0) is 6.54 Å². The van der Waals surface area contributed by atoms with Crippen molar-refractivity contribution >= 4 is 21.6 Å². The summed E-state index contributed by atoms with van der Waals surface area (Å²) in [6.07, 6.45) is 2.35. The first kappa shape index (κ1) is 18.3. The maximum atomic E-state index is 13.0. The number of ether oxygens (including phenoxy) is 2. The van der Waals surface area contributed by atoms with E-state index in [4.69, 9.17) is 9.47 Å². The summed E-state index contributed by atoms with van der Waals surface area (Å²) in [6.45, 7) is 1.11. The van der Waals surface area contributed by atoms with Crippen LogP contribution < -0.4 is 15.0 Å². The topological polar surface area (TPSA) is 53.4 Å². The Labute approximate surface area is 166 Å². The third-order valence-electron chi connectivity index (χ3n) is 4.52. The zero-order valence-corrected chi connectivity index (χ0v) is 16.3. The van der Waals surface area contributed by atoms with Gasteiger partial charge in [0, 0.05) is 17.5 Å². The van der Waals surface area contributed by atoms with Crippen LogP contribution in [0, 0.1) is 0 Å². The number of aromatic nitrogens is 2. The number of rotatable bonds is 7. The van der Waals surface area contributed by atoms with Crippen LogP contribution in [0.4, 0.5) is 0 Å². The second-order valence-electron chi connectivity index (χ2n) is 6.32. The molecule has 0 aliphatic rings. The van der Waals surface area contributed by atoms with Gasteiger partial charge in [-0.05, 0) is 36.2 Å². The maximum absolute atomic E-state index is 13.0. The Morgan fingerprint density at radius 1 is 1.04 bits per heavy atom. The summed E-state index contributed by atoms with van der Waals surface area (Å²) in [4.78, 5) is 18.3. The van der Waals surface area contributed by atoms with Crippen LogP contribution in [0.15, 0.2) is 71.1 Å². The summed E-state index contributed by atoms with van der Waals surface area (Å²) in [7, 11) is 1.64. The predicted octanol–water partition coefficient (Wildman–Crippen LogP) is 4.60. The summed E-state index contributed by atoms with van der Waals surface area (Å²) in [5.41, 5.74) is 1.88. The van der Waals surface area contributed by atoms with E-state index in [1.165, 1.54) is 11.3 Å². The number of fused-ring (bicyclic) bond motifs is 1. The first-order valence-corrected chi connectivity index (χ1v) is 9.93. The van der Waals surface area contributed by atoms with Crippen LogP contribution in [0.5, 0.6) is 11.5 Å². The molecule has 4 rings (SSSR count). The molecular weight excluding hydrogens is 372 g/mol. The van der Waals surface area contributed by atoms with Crippen molar-refractivity contribution in [3.63, 3.8) is 0 Å². The Morgan fingerprint density at radius 3 is 2.57 bits per heavy atom. The molecule has 142 valence electrons. The molecule has 5 nitrogen and oxygen atoms in total. The van der Waals surface area contributed by atoms with E-state index in [1.54, 1.807) is 18.0 Å². The summed E-state index contributed by atoms with van der Waals surface area (Å²) in [6, 6.07) is 17.4. The zero-order valence-electron chi connectivity index (χ0n) is 15.5. The normalized spacial score (nSPS) is 10.9. The predicted molar refractivity (Wildman–Crippen MR) is 112 cm³/mol. The minimum absolute atomic E-state index is 0.0169. The van der Waals surface area contributed by atoms with E-state index < -0.39 is 0 Å². The lowest BCUT2D eigenvalue weighted by Crippen LogP contribution is -2.21. The van der Waals surface area contributed by atoms with Crippen LogP contribution in [-0.4, -0.2) is 23.3 Å².